The molecule has 0 N–H and O–H groups in total. The number of hydrogen-bond donors (Lipinski definition) is 0. The maximum Gasteiger partial charge on any atom is 0.332 e. The smallest absolute Gasteiger partial charge is 0.311 e. The average Bonchev–Trinajstić information content (AvgIpc) is 3.09. The Morgan fingerprint density at radius 2 is 2.00 bits per heavy atom. The van der Waals surface area contributed by atoms with Gasteiger partial charge in [-0.15, -0.1) is 0 Å². The highest BCUT2D eigenvalue weighted by Gasteiger charge is 2.34. The van der Waals surface area contributed by atoms with Gasteiger partial charge in [0.05, 0.1) is 6.54 Å². The minimum atomic E-state index is -0.359. The molecule has 0 amide bonds. The maximum absolute atomic E-state index is 13.2. The predicted octanol–water partition coefficient (Wildman–Crippen LogP) is 3.42. The summed E-state index contributed by atoms with van der Waals surface area (Å²) in [6, 6.07) is 0.331. The van der Waals surface area contributed by atoms with Crippen molar-refractivity contribution in [3.63, 3.8) is 0 Å². The molecule has 0 saturated heterocycles. The van der Waals surface area contributed by atoms with Gasteiger partial charge in [0.15, 0.2) is 11.2 Å². The van der Waals surface area contributed by atoms with Gasteiger partial charge in [-0.3, -0.25) is 18.3 Å². The van der Waals surface area contributed by atoms with Gasteiger partial charge < -0.3 is 4.57 Å². The van der Waals surface area contributed by atoms with Crippen LogP contribution in [-0.2, 0) is 13.6 Å². The zero-order chi connectivity index (χ0) is 21.2. The molecule has 4 rings (SSSR count). The van der Waals surface area contributed by atoms with E-state index in [1.807, 2.05) is 17.5 Å². The molecule has 0 aliphatic heterocycles. The summed E-state index contributed by atoms with van der Waals surface area (Å²) < 4.78 is 6.86. The molecule has 1 saturated carbocycles. The summed E-state index contributed by atoms with van der Waals surface area (Å²) in [5.41, 5.74) is 2.33. The van der Waals surface area contributed by atoms with E-state index < -0.39 is 0 Å². The van der Waals surface area contributed by atoms with Gasteiger partial charge in [0.1, 0.15) is 0 Å². The third kappa shape index (κ3) is 3.07. The number of imidazole rings is 2. The molecule has 0 unspecified atom stereocenters. The highest BCUT2D eigenvalue weighted by atomic mass is 16.2. The molecule has 1 fully saturated rings. The van der Waals surface area contributed by atoms with E-state index in [1.165, 1.54) is 15.6 Å². The van der Waals surface area contributed by atoms with Crippen LogP contribution in [-0.4, -0.2) is 23.1 Å². The Labute approximate surface area is 170 Å². The lowest BCUT2D eigenvalue weighted by Crippen LogP contribution is -2.39. The Balaban J connectivity index is 2.00. The second kappa shape index (κ2) is 6.47. The zero-order valence-electron chi connectivity index (χ0n) is 18.3. The summed E-state index contributed by atoms with van der Waals surface area (Å²) in [5, 5.41) is 0. The lowest BCUT2D eigenvalue weighted by atomic mass is 9.70. The molecule has 3 heterocycles. The molecule has 0 aromatic carbocycles. The average molecular weight is 398 g/mol. The van der Waals surface area contributed by atoms with Crippen LogP contribution in [0.1, 0.15) is 58.7 Å². The van der Waals surface area contributed by atoms with Crippen molar-refractivity contribution in [3.05, 3.63) is 44.9 Å². The van der Waals surface area contributed by atoms with Crippen LogP contribution in [0.5, 0.6) is 0 Å². The van der Waals surface area contributed by atoms with Crippen LogP contribution in [0.4, 0.5) is 0 Å². The van der Waals surface area contributed by atoms with Gasteiger partial charge in [-0.1, -0.05) is 32.9 Å². The molecule has 0 spiro atoms. The van der Waals surface area contributed by atoms with Crippen molar-refractivity contribution in [1.82, 2.24) is 23.1 Å². The fraction of sp³-hybridized carbons (Fsp3) is 0.591. The second-order valence-electron chi connectivity index (χ2n) is 9.85. The van der Waals surface area contributed by atoms with E-state index in [9.17, 15) is 9.59 Å². The van der Waals surface area contributed by atoms with Crippen LogP contribution < -0.4 is 11.2 Å². The van der Waals surface area contributed by atoms with Gasteiger partial charge in [-0.05, 0) is 44.4 Å². The Hall–Kier alpha value is -2.57. The fourth-order valence-corrected chi connectivity index (χ4v) is 5.38. The SMILES string of the molecule is C=C(C)Cn1c(=O)c2c(nc3n([C@@H]4C[C@@H](C)CC(C)(C)C4)c(C)cn23)n(C)c1=O. The van der Waals surface area contributed by atoms with Gasteiger partial charge in [-0.2, -0.15) is 4.98 Å². The highest BCUT2D eigenvalue weighted by Crippen LogP contribution is 2.44. The molecule has 7 heteroatoms. The van der Waals surface area contributed by atoms with Crippen molar-refractivity contribution >= 4 is 16.9 Å². The second-order valence-corrected chi connectivity index (χ2v) is 9.85. The molecule has 156 valence electrons. The lowest BCUT2D eigenvalue weighted by Gasteiger charge is -2.39. The summed E-state index contributed by atoms with van der Waals surface area (Å²) in [6.45, 7) is 14.9. The molecule has 1 aliphatic rings. The van der Waals surface area contributed by atoms with Crippen molar-refractivity contribution < 1.29 is 0 Å². The van der Waals surface area contributed by atoms with Crippen molar-refractivity contribution in [2.24, 2.45) is 18.4 Å². The third-order valence-corrected chi connectivity index (χ3v) is 6.23. The van der Waals surface area contributed by atoms with E-state index in [1.54, 1.807) is 7.05 Å². The van der Waals surface area contributed by atoms with Crippen LogP contribution in [0, 0.1) is 18.3 Å². The number of nitrogens with zero attached hydrogens (tertiary/aromatic N) is 5. The quantitative estimate of drug-likeness (QED) is 0.636. The first-order valence-electron chi connectivity index (χ1n) is 10.3. The molecule has 3 aromatic heterocycles. The Morgan fingerprint density at radius 3 is 2.62 bits per heavy atom. The molecular weight excluding hydrogens is 366 g/mol. The summed E-state index contributed by atoms with van der Waals surface area (Å²) >= 11 is 0. The number of fused-ring (bicyclic) bond motifs is 3. The van der Waals surface area contributed by atoms with Gasteiger partial charge >= 0.3 is 5.69 Å². The first-order chi connectivity index (χ1) is 13.5. The van der Waals surface area contributed by atoms with Crippen LogP contribution in [0.2, 0.25) is 0 Å². The molecule has 1 aliphatic carbocycles. The minimum Gasteiger partial charge on any atom is -0.311 e. The van der Waals surface area contributed by atoms with Crippen LogP contribution in [0.15, 0.2) is 27.9 Å². The summed E-state index contributed by atoms with van der Waals surface area (Å²) in [5.74, 6) is 1.37. The van der Waals surface area contributed by atoms with Gasteiger partial charge in [0.2, 0.25) is 5.78 Å². The fourth-order valence-electron chi connectivity index (χ4n) is 5.38. The third-order valence-electron chi connectivity index (χ3n) is 6.23. The molecule has 3 aromatic rings. The summed E-state index contributed by atoms with van der Waals surface area (Å²) in [4.78, 5) is 30.7. The number of aromatic nitrogens is 5. The normalized spacial score (nSPS) is 21.9. The van der Waals surface area contributed by atoms with Crippen LogP contribution >= 0.6 is 0 Å². The van der Waals surface area contributed by atoms with Crippen molar-refractivity contribution in [1.29, 1.82) is 0 Å². The maximum atomic E-state index is 13.2. The van der Waals surface area contributed by atoms with Crippen LogP contribution in [0.3, 0.4) is 0 Å². The van der Waals surface area contributed by atoms with E-state index in [0.717, 1.165) is 29.9 Å². The molecule has 2 atom stereocenters. The molecule has 7 nitrogen and oxygen atoms in total. The van der Waals surface area contributed by atoms with Gasteiger partial charge in [0, 0.05) is 25.0 Å². The topological polar surface area (TPSA) is 66.2 Å². The molecule has 29 heavy (non-hydrogen) atoms. The number of aryl methyl sites for hydroxylation is 2. The molecule has 0 bridgehead atoms. The Morgan fingerprint density at radius 1 is 1.31 bits per heavy atom. The predicted molar refractivity (Wildman–Crippen MR) is 116 cm³/mol. The molecular formula is C22H31N5O2. The van der Waals surface area contributed by atoms with E-state index in [2.05, 4.69) is 38.8 Å². The summed E-state index contributed by atoms with van der Waals surface area (Å²) in [6.07, 6.45) is 5.37. The number of allylic oxidation sites excluding steroid dienone is 1. The van der Waals surface area contributed by atoms with Crippen molar-refractivity contribution in [2.75, 3.05) is 0 Å². The van der Waals surface area contributed by atoms with E-state index in [4.69, 9.17) is 4.98 Å². The van der Waals surface area contributed by atoms with E-state index >= 15 is 0 Å². The van der Waals surface area contributed by atoms with Gasteiger partial charge in [0.25, 0.3) is 5.56 Å². The zero-order valence-corrected chi connectivity index (χ0v) is 18.3. The highest BCUT2D eigenvalue weighted by molar-refractivity contribution is 5.75. The van der Waals surface area contributed by atoms with E-state index in [-0.39, 0.29) is 23.2 Å². The lowest BCUT2D eigenvalue weighted by molar-refractivity contribution is 0.138. The standard InChI is InChI=1S/C22H31N5O2/c1-13(2)11-26-19(28)17-18(24(7)21(26)29)23-20-25(17)12-15(4)27(20)16-8-14(3)9-22(5,6)10-16/h12,14,16H,1,8-11H2,2-7H3/t14-,16-/m1/s1. The number of rotatable bonds is 3. The largest absolute Gasteiger partial charge is 0.332 e. The monoisotopic (exact) mass is 397 g/mol. The number of hydrogen-bond acceptors (Lipinski definition) is 3. The van der Waals surface area contributed by atoms with Crippen molar-refractivity contribution in [2.45, 2.75) is 66.5 Å². The molecule has 0 radical (unpaired) electrons. The summed E-state index contributed by atoms with van der Waals surface area (Å²) in [7, 11) is 1.68. The first kappa shape index (κ1) is 19.7. The van der Waals surface area contributed by atoms with Crippen LogP contribution in [0.25, 0.3) is 16.9 Å². The minimum absolute atomic E-state index is 0.211. The van der Waals surface area contributed by atoms with E-state index in [0.29, 0.717) is 23.1 Å². The van der Waals surface area contributed by atoms with Gasteiger partial charge in [-0.25, -0.2) is 4.79 Å². The Bertz CT molecular complexity index is 1250. The Kier molecular flexibility index (Phi) is 4.40. The van der Waals surface area contributed by atoms with Crippen molar-refractivity contribution in [3.8, 4) is 0 Å². The first-order valence-corrected chi connectivity index (χ1v) is 10.3.